The van der Waals surface area contributed by atoms with Gasteiger partial charge in [0.15, 0.2) is 0 Å². The van der Waals surface area contributed by atoms with E-state index in [1.807, 2.05) is 61.5 Å². The molecule has 0 saturated carbocycles. The average Bonchev–Trinajstić information content (AvgIpc) is 3.01. The third-order valence-corrected chi connectivity index (χ3v) is 3.82. The molecule has 2 aromatic carbocycles. The Labute approximate surface area is 146 Å². The van der Waals surface area contributed by atoms with Gasteiger partial charge in [-0.3, -0.25) is 5.10 Å². The third-order valence-electron chi connectivity index (χ3n) is 3.82. The van der Waals surface area contributed by atoms with E-state index in [9.17, 15) is 4.79 Å². The van der Waals surface area contributed by atoms with Crippen LogP contribution in [0.2, 0.25) is 0 Å². The van der Waals surface area contributed by atoms with Crippen LogP contribution in [-0.4, -0.2) is 23.3 Å². The molecule has 25 heavy (non-hydrogen) atoms. The standard InChI is InChI=1S/C19H20N4O2/c1-13-17(21-19(24)20-12-14-7-4-3-5-8-14)18(23-22-13)15-9-6-10-16(11-15)25-2/h3-11H,12H2,1-2H3,(H,22,23)(H2,20,21,24). The van der Waals surface area contributed by atoms with Crippen molar-refractivity contribution in [3.63, 3.8) is 0 Å². The van der Waals surface area contributed by atoms with Crippen molar-refractivity contribution < 1.29 is 9.53 Å². The van der Waals surface area contributed by atoms with Crippen LogP contribution in [0.4, 0.5) is 10.5 Å². The van der Waals surface area contributed by atoms with Gasteiger partial charge in [0.05, 0.1) is 18.5 Å². The summed E-state index contributed by atoms with van der Waals surface area (Å²) in [5.74, 6) is 0.734. The van der Waals surface area contributed by atoms with E-state index in [2.05, 4.69) is 20.8 Å². The van der Waals surface area contributed by atoms with Crippen LogP contribution in [0.15, 0.2) is 54.6 Å². The first-order valence-corrected chi connectivity index (χ1v) is 7.95. The number of anilines is 1. The molecular weight excluding hydrogens is 316 g/mol. The summed E-state index contributed by atoms with van der Waals surface area (Å²) < 4.78 is 5.25. The SMILES string of the molecule is COc1cccc(-c2n[nH]c(C)c2NC(=O)NCc2ccccc2)c1. The molecule has 128 valence electrons. The minimum Gasteiger partial charge on any atom is -0.497 e. The van der Waals surface area contributed by atoms with Crippen molar-refractivity contribution in [2.24, 2.45) is 0 Å². The summed E-state index contributed by atoms with van der Waals surface area (Å²) in [4.78, 5) is 12.3. The number of carbonyl (C=O) groups is 1. The van der Waals surface area contributed by atoms with Gasteiger partial charge in [-0.2, -0.15) is 5.10 Å². The van der Waals surface area contributed by atoms with Crippen molar-refractivity contribution in [1.29, 1.82) is 0 Å². The number of H-pyrrole nitrogens is 1. The van der Waals surface area contributed by atoms with Crippen molar-refractivity contribution in [3.8, 4) is 17.0 Å². The summed E-state index contributed by atoms with van der Waals surface area (Å²) in [5.41, 5.74) is 4.01. The van der Waals surface area contributed by atoms with E-state index in [0.29, 0.717) is 17.9 Å². The van der Waals surface area contributed by atoms with Crippen LogP contribution in [0.3, 0.4) is 0 Å². The summed E-state index contributed by atoms with van der Waals surface area (Å²) in [6.07, 6.45) is 0. The quantitative estimate of drug-likeness (QED) is 0.664. The van der Waals surface area contributed by atoms with Crippen molar-refractivity contribution in [3.05, 3.63) is 65.9 Å². The zero-order valence-electron chi connectivity index (χ0n) is 14.2. The number of carbonyl (C=O) groups excluding carboxylic acids is 1. The normalized spacial score (nSPS) is 10.3. The third kappa shape index (κ3) is 3.98. The average molecular weight is 336 g/mol. The summed E-state index contributed by atoms with van der Waals surface area (Å²) in [7, 11) is 1.62. The van der Waals surface area contributed by atoms with Gasteiger partial charge in [0.25, 0.3) is 0 Å². The second-order valence-electron chi connectivity index (χ2n) is 5.60. The molecule has 0 radical (unpaired) electrons. The van der Waals surface area contributed by atoms with Crippen molar-refractivity contribution in [2.45, 2.75) is 13.5 Å². The number of hydrogen-bond acceptors (Lipinski definition) is 3. The summed E-state index contributed by atoms with van der Waals surface area (Å²) in [6, 6.07) is 17.0. The van der Waals surface area contributed by atoms with Crippen LogP contribution >= 0.6 is 0 Å². The Morgan fingerprint density at radius 3 is 2.72 bits per heavy atom. The Bertz CT molecular complexity index is 859. The van der Waals surface area contributed by atoms with E-state index in [-0.39, 0.29) is 6.03 Å². The number of urea groups is 1. The molecule has 3 rings (SSSR count). The Balaban J connectivity index is 1.74. The van der Waals surface area contributed by atoms with Gasteiger partial charge in [0.2, 0.25) is 0 Å². The van der Waals surface area contributed by atoms with E-state index in [1.165, 1.54) is 0 Å². The van der Waals surface area contributed by atoms with Crippen molar-refractivity contribution in [1.82, 2.24) is 15.5 Å². The minimum absolute atomic E-state index is 0.280. The largest absolute Gasteiger partial charge is 0.497 e. The predicted octanol–water partition coefficient (Wildman–Crippen LogP) is 3.72. The van der Waals surface area contributed by atoms with Gasteiger partial charge in [0.1, 0.15) is 11.4 Å². The Morgan fingerprint density at radius 1 is 1.16 bits per heavy atom. The van der Waals surface area contributed by atoms with E-state index in [0.717, 1.165) is 22.6 Å². The molecule has 0 atom stereocenters. The van der Waals surface area contributed by atoms with Crippen LogP contribution < -0.4 is 15.4 Å². The van der Waals surface area contributed by atoms with Gasteiger partial charge in [0, 0.05) is 12.1 Å². The number of ether oxygens (including phenoxy) is 1. The van der Waals surface area contributed by atoms with Crippen LogP contribution in [0, 0.1) is 6.92 Å². The number of nitrogens with zero attached hydrogens (tertiary/aromatic N) is 1. The van der Waals surface area contributed by atoms with Crippen LogP contribution in [0.25, 0.3) is 11.3 Å². The topological polar surface area (TPSA) is 79.0 Å². The fraction of sp³-hybridized carbons (Fsp3) is 0.158. The number of rotatable bonds is 5. The monoisotopic (exact) mass is 336 g/mol. The zero-order chi connectivity index (χ0) is 17.6. The number of aromatic amines is 1. The first kappa shape index (κ1) is 16.6. The first-order valence-electron chi connectivity index (χ1n) is 7.95. The lowest BCUT2D eigenvalue weighted by atomic mass is 10.1. The van der Waals surface area contributed by atoms with Gasteiger partial charge in [-0.15, -0.1) is 0 Å². The van der Waals surface area contributed by atoms with Gasteiger partial charge in [-0.1, -0.05) is 42.5 Å². The number of nitrogens with one attached hydrogen (secondary N) is 3. The van der Waals surface area contributed by atoms with E-state index in [4.69, 9.17) is 4.74 Å². The molecule has 0 aliphatic carbocycles. The number of hydrogen-bond donors (Lipinski definition) is 3. The predicted molar refractivity (Wildman–Crippen MR) is 97.6 cm³/mol. The van der Waals surface area contributed by atoms with Crippen LogP contribution in [0.1, 0.15) is 11.3 Å². The second kappa shape index (κ2) is 7.53. The fourth-order valence-electron chi connectivity index (χ4n) is 2.50. The smallest absolute Gasteiger partial charge is 0.319 e. The minimum atomic E-state index is -0.280. The molecule has 3 aromatic rings. The molecule has 0 fully saturated rings. The first-order chi connectivity index (χ1) is 12.2. The molecule has 0 saturated heterocycles. The molecule has 0 spiro atoms. The lowest BCUT2D eigenvalue weighted by Crippen LogP contribution is -2.28. The van der Waals surface area contributed by atoms with E-state index in [1.54, 1.807) is 7.11 Å². The number of amides is 2. The molecule has 1 heterocycles. The lowest BCUT2D eigenvalue weighted by molar-refractivity contribution is 0.251. The Morgan fingerprint density at radius 2 is 1.96 bits per heavy atom. The summed E-state index contributed by atoms with van der Waals surface area (Å²) in [5, 5.41) is 13.0. The van der Waals surface area contributed by atoms with Gasteiger partial charge in [-0.05, 0) is 24.6 Å². The lowest BCUT2D eigenvalue weighted by Gasteiger charge is -2.09. The molecule has 0 bridgehead atoms. The molecule has 0 aliphatic rings. The molecule has 0 aliphatic heterocycles. The fourth-order valence-corrected chi connectivity index (χ4v) is 2.50. The maximum atomic E-state index is 12.3. The molecule has 0 unspecified atom stereocenters. The highest BCUT2D eigenvalue weighted by atomic mass is 16.5. The number of aromatic nitrogens is 2. The van der Waals surface area contributed by atoms with Crippen LogP contribution in [-0.2, 0) is 6.54 Å². The van der Waals surface area contributed by atoms with Crippen molar-refractivity contribution >= 4 is 11.7 Å². The van der Waals surface area contributed by atoms with Gasteiger partial charge in [-0.25, -0.2) is 4.79 Å². The van der Waals surface area contributed by atoms with E-state index < -0.39 is 0 Å². The van der Waals surface area contributed by atoms with Crippen LogP contribution in [0.5, 0.6) is 5.75 Å². The maximum absolute atomic E-state index is 12.3. The van der Waals surface area contributed by atoms with Gasteiger partial charge < -0.3 is 15.4 Å². The number of benzene rings is 2. The highest BCUT2D eigenvalue weighted by molar-refractivity contribution is 5.94. The molecule has 1 aromatic heterocycles. The summed E-state index contributed by atoms with van der Waals surface area (Å²) >= 11 is 0. The van der Waals surface area contributed by atoms with Crippen molar-refractivity contribution in [2.75, 3.05) is 12.4 Å². The molecule has 6 nitrogen and oxygen atoms in total. The molecule has 6 heteroatoms. The summed E-state index contributed by atoms with van der Waals surface area (Å²) in [6.45, 7) is 2.32. The second-order valence-corrected chi connectivity index (χ2v) is 5.60. The number of methoxy groups -OCH3 is 1. The van der Waals surface area contributed by atoms with E-state index >= 15 is 0 Å². The zero-order valence-corrected chi connectivity index (χ0v) is 14.2. The highest BCUT2D eigenvalue weighted by Gasteiger charge is 2.15. The molecule has 3 N–H and O–H groups in total. The number of aryl methyl sites for hydroxylation is 1. The van der Waals surface area contributed by atoms with Gasteiger partial charge >= 0.3 is 6.03 Å². The Hall–Kier alpha value is -3.28. The highest BCUT2D eigenvalue weighted by Crippen LogP contribution is 2.30. The molecule has 2 amide bonds. The Kier molecular flexibility index (Phi) is 4.99. The molecular formula is C19H20N4O2. The maximum Gasteiger partial charge on any atom is 0.319 e.